The van der Waals surface area contributed by atoms with Crippen LogP contribution < -0.4 is 5.32 Å². The Morgan fingerprint density at radius 3 is 2.19 bits per heavy atom. The Hall–Kier alpha value is -1.99. The van der Waals surface area contributed by atoms with E-state index >= 15 is 0 Å². The normalized spacial score (nSPS) is 23.6. The molecule has 0 unspecified atom stereocenters. The molecule has 0 aromatic heterocycles. The predicted octanol–water partition coefficient (Wildman–Crippen LogP) is 2.37. The van der Waals surface area contributed by atoms with Gasteiger partial charge in [0, 0.05) is 32.2 Å². The average molecular weight is 383 g/mol. The Balaban J connectivity index is 1.91. The first-order valence-electron chi connectivity index (χ1n) is 9.91. The molecule has 27 heavy (non-hydrogen) atoms. The summed E-state index contributed by atoms with van der Waals surface area (Å²) in [5, 5.41) is 2.90. The van der Waals surface area contributed by atoms with Crippen LogP contribution in [-0.4, -0.2) is 72.3 Å². The lowest BCUT2D eigenvalue weighted by Gasteiger charge is -2.39. The fourth-order valence-corrected chi connectivity index (χ4v) is 3.62. The van der Waals surface area contributed by atoms with Gasteiger partial charge in [-0.3, -0.25) is 4.79 Å². The van der Waals surface area contributed by atoms with Crippen molar-refractivity contribution in [3.8, 4) is 0 Å². The van der Waals surface area contributed by atoms with Crippen LogP contribution in [0.15, 0.2) is 0 Å². The van der Waals surface area contributed by atoms with Gasteiger partial charge in [0.2, 0.25) is 5.91 Å². The molecule has 2 aliphatic rings. The molecule has 8 nitrogen and oxygen atoms in total. The van der Waals surface area contributed by atoms with Crippen LogP contribution in [0.3, 0.4) is 0 Å². The largest absolute Gasteiger partial charge is 0.450 e. The standard InChI is InChI=1S/C19H33N3O5/c1-5-26-18(25)22-12-10-21(11-13-22)16(23)14-8-6-7-9-15(14)20-17(24)27-19(2,3)4/h14-15H,5-13H2,1-4H3,(H,20,24)/t14-,15+/m1/s1. The molecule has 2 rings (SSSR count). The Labute approximate surface area is 161 Å². The molecule has 154 valence electrons. The number of carbonyl (C=O) groups excluding carboxylic acids is 3. The molecule has 2 atom stereocenters. The number of piperazine rings is 1. The molecule has 0 radical (unpaired) electrons. The van der Waals surface area contributed by atoms with Crippen LogP contribution in [0, 0.1) is 5.92 Å². The van der Waals surface area contributed by atoms with Crippen LogP contribution in [0.2, 0.25) is 0 Å². The van der Waals surface area contributed by atoms with E-state index in [4.69, 9.17) is 9.47 Å². The summed E-state index contributed by atoms with van der Waals surface area (Å²) in [7, 11) is 0. The summed E-state index contributed by atoms with van der Waals surface area (Å²) in [5.74, 6) is -0.181. The molecule has 0 aromatic rings. The third-order valence-electron chi connectivity index (χ3n) is 4.90. The molecule has 1 aliphatic carbocycles. The molecule has 1 aliphatic heterocycles. The maximum absolute atomic E-state index is 13.0. The third kappa shape index (κ3) is 6.29. The fourth-order valence-electron chi connectivity index (χ4n) is 3.62. The first-order valence-corrected chi connectivity index (χ1v) is 9.91. The van der Waals surface area contributed by atoms with Gasteiger partial charge in [0.25, 0.3) is 0 Å². The van der Waals surface area contributed by atoms with E-state index in [2.05, 4.69) is 5.32 Å². The number of rotatable bonds is 3. The van der Waals surface area contributed by atoms with Gasteiger partial charge in [0.15, 0.2) is 0 Å². The Bertz CT molecular complexity index is 538. The van der Waals surface area contributed by atoms with E-state index in [9.17, 15) is 14.4 Å². The smallest absolute Gasteiger partial charge is 0.409 e. The molecular formula is C19H33N3O5. The highest BCUT2D eigenvalue weighted by atomic mass is 16.6. The number of carbonyl (C=O) groups is 3. The molecule has 1 saturated heterocycles. The van der Waals surface area contributed by atoms with Crippen molar-refractivity contribution in [3.63, 3.8) is 0 Å². The van der Waals surface area contributed by atoms with Crippen molar-refractivity contribution in [2.24, 2.45) is 5.92 Å². The SMILES string of the molecule is CCOC(=O)N1CCN(C(=O)[C@@H]2CCCC[C@@H]2NC(=O)OC(C)(C)C)CC1. The second-order valence-electron chi connectivity index (χ2n) is 8.15. The van der Waals surface area contributed by atoms with Crippen LogP contribution in [0.1, 0.15) is 53.4 Å². The molecule has 0 aromatic carbocycles. The van der Waals surface area contributed by atoms with Crippen molar-refractivity contribution < 1.29 is 23.9 Å². The number of hydrogen-bond donors (Lipinski definition) is 1. The summed E-state index contributed by atoms with van der Waals surface area (Å²) < 4.78 is 10.4. The van der Waals surface area contributed by atoms with E-state index in [1.807, 2.05) is 20.8 Å². The van der Waals surface area contributed by atoms with Crippen molar-refractivity contribution in [1.82, 2.24) is 15.1 Å². The van der Waals surface area contributed by atoms with E-state index in [0.29, 0.717) is 32.8 Å². The molecule has 1 saturated carbocycles. The van der Waals surface area contributed by atoms with Crippen molar-refractivity contribution in [2.45, 2.75) is 65.0 Å². The van der Waals surface area contributed by atoms with Crippen molar-refractivity contribution >= 4 is 18.1 Å². The Kier molecular flexibility index (Phi) is 7.33. The minimum atomic E-state index is -0.568. The number of nitrogens with zero attached hydrogens (tertiary/aromatic N) is 2. The van der Waals surface area contributed by atoms with Gasteiger partial charge < -0.3 is 24.6 Å². The first kappa shape index (κ1) is 21.3. The number of nitrogens with one attached hydrogen (secondary N) is 1. The molecule has 3 amide bonds. The van der Waals surface area contributed by atoms with Crippen LogP contribution in [0.5, 0.6) is 0 Å². The maximum atomic E-state index is 13.0. The van der Waals surface area contributed by atoms with Gasteiger partial charge in [-0.25, -0.2) is 9.59 Å². The fraction of sp³-hybridized carbons (Fsp3) is 0.842. The molecule has 0 bridgehead atoms. The summed E-state index contributed by atoms with van der Waals surface area (Å²) in [6, 6.07) is -0.204. The van der Waals surface area contributed by atoms with Gasteiger partial charge in [-0.1, -0.05) is 12.8 Å². The number of alkyl carbamates (subject to hydrolysis) is 1. The van der Waals surface area contributed by atoms with Gasteiger partial charge in [0.05, 0.1) is 12.5 Å². The minimum absolute atomic E-state index is 0.0549. The molecule has 1 heterocycles. The summed E-state index contributed by atoms with van der Waals surface area (Å²) in [6.07, 6.45) is 2.70. The minimum Gasteiger partial charge on any atom is -0.450 e. The lowest BCUT2D eigenvalue weighted by molar-refractivity contribution is -0.139. The highest BCUT2D eigenvalue weighted by molar-refractivity contribution is 5.81. The van der Waals surface area contributed by atoms with Crippen LogP contribution >= 0.6 is 0 Å². The van der Waals surface area contributed by atoms with Gasteiger partial charge in [0.1, 0.15) is 5.60 Å². The third-order valence-corrected chi connectivity index (χ3v) is 4.90. The van der Waals surface area contributed by atoms with Crippen molar-refractivity contribution in [2.75, 3.05) is 32.8 Å². The lowest BCUT2D eigenvalue weighted by Crippen LogP contribution is -2.55. The highest BCUT2D eigenvalue weighted by Gasteiger charge is 2.36. The second-order valence-corrected chi connectivity index (χ2v) is 8.15. The van der Waals surface area contributed by atoms with Crippen LogP contribution in [-0.2, 0) is 14.3 Å². The summed E-state index contributed by atoms with van der Waals surface area (Å²) in [5.41, 5.74) is -0.568. The van der Waals surface area contributed by atoms with Gasteiger partial charge in [-0.05, 0) is 40.5 Å². The summed E-state index contributed by atoms with van der Waals surface area (Å²) in [6.45, 7) is 9.51. The molecule has 2 fully saturated rings. The topological polar surface area (TPSA) is 88.2 Å². The van der Waals surface area contributed by atoms with E-state index < -0.39 is 11.7 Å². The maximum Gasteiger partial charge on any atom is 0.409 e. The van der Waals surface area contributed by atoms with Crippen LogP contribution in [0.25, 0.3) is 0 Å². The average Bonchev–Trinajstić information content (AvgIpc) is 2.60. The Morgan fingerprint density at radius 2 is 1.59 bits per heavy atom. The quantitative estimate of drug-likeness (QED) is 0.808. The molecule has 0 spiro atoms. The molecule has 8 heteroatoms. The zero-order valence-corrected chi connectivity index (χ0v) is 17.0. The zero-order chi connectivity index (χ0) is 20.0. The van der Waals surface area contributed by atoms with Gasteiger partial charge >= 0.3 is 12.2 Å². The summed E-state index contributed by atoms with van der Waals surface area (Å²) in [4.78, 5) is 40.4. The molecule has 1 N–H and O–H groups in total. The number of amides is 3. The first-order chi connectivity index (χ1) is 12.7. The lowest BCUT2D eigenvalue weighted by atomic mass is 9.83. The van der Waals surface area contributed by atoms with E-state index in [0.717, 1.165) is 25.7 Å². The summed E-state index contributed by atoms with van der Waals surface area (Å²) >= 11 is 0. The van der Waals surface area contributed by atoms with Crippen molar-refractivity contribution in [3.05, 3.63) is 0 Å². The second kappa shape index (κ2) is 9.28. The highest BCUT2D eigenvalue weighted by Crippen LogP contribution is 2.27. The van der Waals surface area contributed by atoms with Crippen molar-refractivity contribution in [1.29, 1.82) is 0 Å². The van der Waals surface area contributed by atoms with Crippen LogP contribution in [0.4, 0.5) is 9.59 Å². The van der Waals surface area contributed by atoms with E-state index in [1.165, 1.54) is 0 Å². The van der Waals surface area contributed by atoms with E-state index in [1.54, 1.807) is 16.7 Å². The number of hydrogen-bond acceptors (Lipinski definition) is 5. The van der Waals surface area contributed by atoms with Gasteiger partial charge in [-0.2, -0.15) is 0 Å². The monoisotopic (exact) mass is 383 g/mol. The number of ether oxygens (including phenoxy) is 2. The van der Waals surface area contributed by atoms with Gasteiger partial charge in [-0.15, -0.1) is 0 Å². The molecular weight excluding hydrogens is 350 g/mol. The zero-order valence-electron chi connectivity index (χ0n) is 17.0. The Morgan fingerprint density at radius 1 is 1.00 bits per heavy atom. The van der Waals surface area contributed by atoms with E-state index in [-0.39, 0.29) is 24.0 Å². The predicted molar refractivity (Wildman–Crippen MR) is 100 cm³/mol.